The highest BCUT2D eigenvalue weighted by molar-refractivity contribution is 7.89. The van der Waals surface area contributed by atoms with Crippen LogP contribution in [0.2, 0.25) is 0 Å². The van der Waals surface area contributed by atoms with Gasteiger partial charge in [0.05, 0.1) is 4.92 Å². The van der Waals surface area contributed by atoms with Gasteiger partial charge in [-0.15, -0.1) is 0 Å². The molecule has 138 valence electrons. The number of nitro groups is 1. The first-order valence-electron chi connectivity index (χ1n) is 8.29. The SMILES string of the molecule is O=[N+]([O-])c1ccccc1S(=O)(=O)NC1CCC(Oc2ccccn2)CC1. The highest BCUT2D eigenvalue weighted by Crippen LogP contribution is 2.27. The molecule has 1 fully saturated rings. The van der Waals surface area contributed by atoms with Crippen molar-refractivity contribution in [1.82, 2.24) is 9.71 Å². The van der Waals surface area contributed by atoms with Crippen LogP contribution in [-0.4, -0.2) is 30.5 Å². The molecular weight excluding hydrogens is 358 g/mol. The summed E-state index contributed by atoms with van der Waals surface area (Å²) in [6, 6.07) is 10.5. The Morgan fingerprint density at radius 2 is 1.77 bits per heavy atom. The molecule has 0 atom stereocenters. The van der Waals surface area contributed by atoms with Crippen LogP contribution in [0.4, 0.5) is 5.69 Å². The summed E-state index contributed by atoms with van der Waals surface area (Å²) in [5.41, 5.74) is -0.424. The minimum absolute atomic E-state index is 0.0169. The third-order valence-electron chi connectivity index (χ3n) is 4.27. The van der Waals surface area contributed by atoms with Crippen molar-refractivity contribution in [3.8, 4) is 5.88 Å². The van der Waals surface area contributed by atoms with Gasteiger partial charge in [0.2, 0.25) is 15.9 Å². The number of ether oxygens (including phenoxy) is 1. The monoisotopic (exact) mass is 377 g/mol. The van der Waals surface area contributed by atoms with E-state index in [2.05, 4.69) is 9.71 Å². The van der Waals surface area contributed by atoms with Crippen LogP contribution in [-0.2, 0) is 10.0 Å². The molecule has 0 radical (unpaired) electrons. The lowest BCUT2D eigenvalue weighted by Gasteiger charge is -2.28. The van der Waals surface area contributed by atoms with Gasteiger partial charge in [-0.3, -0.25) is 10.1 Å². The Bertz CT molecular complexity index is 865. The summed E-state index contributed by atoms with van der Waals surface area (Å²) in [6.07, 6.45) is 4.19. The predicted molar refractivity (Wildman–Crippen MR) is 94.3 cm³/mol. The van der Waals surface area contributed by atoms with Crippen LogP contribution in [0, 0.1) is 10.1 Å². The molecule has 26 heavy (non-hydrogen) atoms. The zero-order valence-corrected chi connectivity index (χ0v) is 14.8. The lowest BCUT2D eigenvalue weighted by atomic mass is 9.94. The quantitative estimate of drug-likeness (QED) is 0.612. The minimum atomic E-state index is -3.96. The molecule has 0 unspecified atom stereocenters. The van der Waals surface area contributed by atoms with Crippen molar-refractivity contribution in [3.05, 3.63) is 58.8 Å². The second-order valence-electron chi connectivity index (χ2n) is 6.11. The van der Waals surface area contributed by atoms with Crippen LogP contribution in [0.25, 0.3) is 0 Å². The van der Waals surface area contributed by atoms with Crippen molar-refractivity contribution in [2.45, 2.75) is 42.7 Å². The highest BCUT2D eigenvalue weighted by Gasteiger charge is 2.30. The molecule has 1 N–H and O–H groups in total. The lowest BCUT2D eigenvalue weighted by molar-refractivity contribution is -0.387. The molecule has 1 aromatic heterocycles. The number of hydrogen-bond donors (Lipinski definition) is 1. The molecule has 1 heterocycles. The molecule has 8 nitrogen and oxygen atoms in total. The number of nitrogens with zero attached hydrogens (tertiary/aromatic N) is 2. The van der Waals surface area contributed by atoms with Gasteiger partial charge in [0.15, 0.2) is 4.90 Å². The first-order valence-corrected chi connectivity index (χ1v) is 9.77. The Labute approximate surface area is 151 Å². The average molecular weight is 377 g/mol. The van der Waals surface area contributed by atoms with Gasteiger partial charge in [0, 0.05) is 24.4 Å². The normalized spacial score (nSPS) is 20.5. The van der Waals surface area contributed by atoms with Crippen molar-refractivity contribution in [1.29, 1.82) is 0 Å². The van der Waals surface area contributed by atoms with Gasteiger partial charge >= 0.3 is 0 Å². The molecule has 9 heteroatoms. The fourth-order valence-corrected chi connectivity index (χ4v) is 4.48. The Hall–Kier alpha value is -2.52. The fraction of sp³-hybridized carbons (Fsp3) is 0.353. The summed E-state index contributed by atoms with van der Waals surface area (Å²) in [5, 5.41) is 11.1. The standard InChI is InChI=1S/C17H19N3O5S/c21-20(22)15-5-1-2-6-16(15)26(23,24)19-13-8-10-14(11-9-13)25-17-7-3-4-12-18-17/h1-7,12-14,19H,8-11H2. The largest absolute Gasteiger partial charge is 0.474 e. The zero-order valence-electron chi connectivity index (χ0n) is 13.9. The summed E-state index contributed by atoms with van der Waals surface area (Å²) in [7, 11) is -3.96. The second-order valence-corrected chi connectivity index (χ2v) is 7.79. The molecular formula is C17H19N3O5S. The molecule has 1 aromatic carbocycles. The maximum absolute atomic E-state index is 12.5. The first kappa shape index (κ1) is 18.3. The molecule has 2 aromatic rings. The van der Waals surface area contributed by atoms with Crippen molar-refractivity contribution in [3.63, 3.8) is 0 Å². The zero-order chi connectivity index (χ0) is 18.6. The van der Waals surface area contributed by atoms with Crippen LogP contribution >= 0.6 is 0 Å². The third-order valence-corrected chi connectivity index (χ3v) is 5.84. The van der Waals surface area contributed by atoms with Crippen LogP contribution in [0.1, 0.15) is 25.7 Å². The van der Waals surface area contributed by atoms with E-state index in [1.54, 1.807) is 18.3 Å². The smallest absolute Gasteiger partial charge is 0.289 e. The number of nitrogens with one attached hydrogen (secondary N) is 1. The van der Waals surface area contributed by atoms with E-state index in [1.165, 1.54) is 24.3 Å². The summed E-state index contributed by atoms with van der Waals surface area (Å²) in [5.74, 6) is 0.552. The Kier molecular flexibility index (Phi) is 5.48. The summed E-state index contributed by atoms with van der Waals surface area (Å²) < 4.78 is 33.5. The molecule has 0 spiro atoms. The van der Waals surface area contributed by atoms with Gasteiger partial charge in [0.1, 0.15) is 6.10 Å². The minimum Gasteiger partial charge on any atom is -0.474 e. The number of aromatic nitrogens is 1. The molecule has 1 saturated carbocycles. The van der Waals surface area contributed by atoms with E-state index in [9.17, 15) is 18.5 Å². The molecule has 3 rings (SSSR count). The highest BCUT2D eigenvalue weighted by atomic mass is 32.2. The number of pyridine rings is 1. The lowest BCUT2D eigenvalue weighted by Crippen LogP contribution is -2.39. The Morgan fingerprint density at radius 3 is 2.42 bits per heavy atom. The summed E-state index contributed by atoms with van der Waals surface area (Å²) >= 11 is 0. The van der Waals surface area contributed by atoms with Crippen LogP contribution in [0.5, 0.6) is 5.88 Å². The molecule has 0 saturated heterocycles. The maximum atomic E-state index is 12.5. The maximum Gasteiger partial charge on any atom is 0.289 e. The van der Waals surface area contributed by atoms with Gasteiger partial charge in [-0.1, -0.05) is 18.2 Å². The van der Waals surface area contributed by atoms with E-state index in [0.717, 1.165) is 0 Å². The van der Waals surface area contributed by atoms with Crippen molar-refractivity contribution in [2.24, 2.45) is 0 Å². The van der Waals surface area contributed by atoms with E-state index in [4.69, 9.17) is 4.74 Å². The van der Waals surface area contributed by atoms with Crippen LogP contribution in [0.3, 0.4) is 0 Å². The van der Waals surface area contributed by atoms with Crippen LogP contribution in [0.15, 0.2) is 53.6 Å². The van der Waals surface area contributed by atoms with Crippen molar-refractivity contribution < 1.29 is 18.1 Å². The summed E-state index contributed by atoms with van der Waals surface area (Å²) in [4.78, 5) is 14.2. The Morgan fingerprint density at radius 1 is 1.08 bits per heavy atom. The Balaban J connectivity index is 1.61. The number of nitro benzene ring substituents is 1. The van der Waals surface area contributed by atoms with Gasteiger partial charge in [-0.05, 0) is 37.8 Å². The number of benzene rings is 1. The van der Waals surface area contributed by atoms with Gasteiger partial charge < -0.3 is 4.74 Å². The number of hydrogen-bond acceptors (Lipinski definition) is 6. The van der Waals surface area contributed by atoms with E-state index in [0.29, 0.717) is 31.6 Å². The fourth-order valence-electron chi connectivity index (χ4n) is 3.00. The van der Waals surface area contributed by atoms with Gasteiger partial charge in [-0.2, -0.15) is 0 Å². The topological polar surface area (TPSA) is 111 Å². The van der Waals surface area contributed by atoms with E-state index >= 15 is 0 Å². The number of para-hydroxylation sites is 1. The summed E-state index contributed by atoms with van der Waals surface area (Å²) in [6.45, 7) is 0. The van der Waals surface area contributed by atoms with E-state index < -0.39 is 20.6 Å². The molecule has 1 aliphatic rings. The van der Waals surface area contributed by atoms with E-state index in [1.807, 2.05) is 6.07 Å². The van der Waals surface area contributed by atoms with Gasteiger partial charge in [0.25, 0.3) is 5.69 Å². The van der Waals surface area contributed by atoms with Crippen LogP contribution < -0.4 is 9.46 Å². The second kappa shape index (κ2) is 7.79. The number of rotatable bonds is 6. The van der Waals surface area contributed by atoms with Crippen molar-refractivity contribution >= 4 is 15.7 Å². The molecule has 1 aliphatic carbocycles. The predicted octanol–water partition coefficient (Wildman–Crippen LogP) is 2.66. The molecule has 0 amide bonds. The van der Waals surface area contributed by atoms with Crippen molar-refractivity contribution in [2.75, 3.05) is 0 Å². The molecule has 0 bridgehead atoms. The van der Waals surface area contributed by atoms with E-state index in [-0.39, 0.29) is 17.0 Å². The van der Waals surface area contributed by atoms with Gasteiger partial charge in [-0.25, -0.2) is 18.1 Å². The first-order chi connectivity index (χ1) is 12.5. The average Bonchev–Trinajstić information content (AvgIpc) is 2.64. The number of sulfonamides is 1. The third kappa shape index (κ3) is 4.36. The molecule has 0 aliphatic heterocycles.